The molecule has 0 amide bonds. The first-order chi connectivity index (χ1) is 8.67. The molecule has 0 aliphatic rings. The molecule has 2 rings (SSSR count). The summed E-state index contributed by atoms with van der Waals surface area (Å²) in [5, 5.41) is 0. The third-order valence-electron chi connectivity index (χ3n) is 2.78. The van der Waals surface area contributed by atoms with Crippen LogP contribution in [-0.2, 0) is 0 Å². The van der Waals surface area contributed by atoms with Crippen molar-refractivity contribution in [3.8, 4) is 11.1 Å². The van der Waals surface area contributed by atoms with E-state index in [1.807, 2.05) is 19.2 Å². The Balaban J connectivity index is 0.000000357. The molecule has 0 unspecified atom stereocenters. The minimum absolute atomic E-state index is 1.06. The Kier molecular flexibility index (Phi) is 6.13. The Labute approximate surface area is 111 Å². The number of unbranched alkanes of at least 4 members (excludes halogenated alkanes) is 1. The van der Waals surface area contributed by atoms with Gasteiger partial charge in [0.25, 0.3) is 0 Å². The second-order valence-corrected chi connectivity index (χ2v) is 4.55. The van der Waals surface area contributed by atoms with E-state index in [0.717, 1.165) is 5.69 Å². The van der Waals surface area contributed by atoms with Gasteiger partial charge in [0.2, 0.25) is 0 Å². The fourth-order valence-electron chi connectivity index (χ4n) is 1.47. The quantitative estimate of drug-likeness (QED) is 0.706. The van der Waals surface area contributed by atoms with Crippen LogP contribution in [0.3, 0.4) is 0 Å². The van der Waals surface area contributed by atoms with Gasteiger partial charge in [-0.3, -0.25) is 4.98 Å². The zero-order valence-electron chi connectivity index (χ0n) is 11.9. The molecule has 0 atom stereocenters. The molecule has 0 saturated heterocycles. The van der Waals surface area contributed by atoms with Gasteiger partial charge < -0.3 is 0 Å². The van der Waals surface area contributed by atoms with Crippen LogP contribution in [0.15, 0.2) is 42.6 Å². The monoisotopic (exact) mass is 241 g/mol. The second-order valence-electron chi connectivity index (χ2n) is 4.55. The van der Waals surface area contributed by atoms with Crippen LogP contribution in [0.5, 0.6) is 0 Å². The largest absolute Gasteiger partial charge is 0.262 e. The molecule has 1 heterocycles. The SMILES string of the molecule is CCCC.Cc1ccc(-c2ccnc(C)c2)cc1. The number of aryl methyl sites for hydroxylation is 2. The van der Waals surface area contributed by atoms with Gasteiger partial charge in [-0.1, -0.05) is 56.5 Å². The lowest BCUT2D eigenvalue weighted by atomic mass is 10.1. The van der Waals surface area contributed by atoms with E-state index in [1.54, 1.807) is 0 Å². The summed E-state index contributed by atoms with van der Waals surface area (Å²) in [6.45, 7) is 8.47. The molecule has 0 radical (unpaired) electrons. The van der Waals surface area contributed by atoms with Crippen molar-refractivity contribution in [2.75, 3.05) is 0 Å². The van der Waals surface area contributed by atoms with Gasteiger partial charge in [-0.05, 0) is 37.1 Å². The van der Waals surface area contributed by atoms with Crippen molar-refractivity contribution in [2.24, 2.45) is 0 Å². The predicted molar refractivity (Wildman–Crippen MR) is 79.7 cm³/mol. The van der Waals surface area contributed by atoms with E-state index in [9.17, 15) is 0 Å². The Morgan fingerprint density at radius 3 is 1.94 bits per heavy atom. The number of benzene rings is 1. The number of rotatable bonds is 2. The first kappa shape index (κ1) is 14.4. The fraction of sp³-hybridized carbons (Fsp3) is 0.353. The molecule has 0 saturated carbocycles. The van der Waals surface area contributed by atoms with Crippen LogP contribution in [0.2, 0.25) is 0 Å². The van der Waals surface area contributed by atoms with E-state index in [4.69, 9.17) is 0 Å². The van der Waals surface area contributed by atoms with Crippen LogP contribution in [0.4, 0.5) is 0 Å². The summed E-state index contributed by atoms with van der Waals surface area (Å²) in [6, 6.07) is 12.7. The number of hydrogen-bond acceptors (Lipinski definition) is 1. The summed E-state index contributed by atoms with van der Waals surface area (Å²) in [6.07, 6.45) is 4.49. The highest BCUT2D eigenvalue weighted by atomic mass is 14.6. The molecule has 18 heavy (non-hydrogen) atoms. The molecule has 0 N–H and O–H groups in total. The van der Waals surface area contributed by atoms with Crippen LogP contribution in [0.1, 0.15) is 37.9 Å². The van der Waals surface area contributed by atoms with E-state index in [1.165, 1.54) is 29.5 Å². The molecular formula is C17H23N. The van der Waals surface area contributed by atoms with Crippen LogP contribution in [0.25, 0.3) is 11.1 Å². The van der Waals surface area contributed by atoms with Crippen molar-refractivity contribution < 1.29 is 0 Å². The highest BCUT2D eigenvalue weighted by Gasteiger charge is 1.96. The van der Waals surface area contributed by atoms with Gasteiger partial charge in [-0.25, -0.2) is 0 Å². The molecule has 1 heteroatoms. The van der Waals surface area contributed by atoms with Gasteiger partial charge in [-0.2, -0.15) is 0 Å². The third-order valence-corrected chi connectivity index (χ3v) is 2.78. The average molecular weight is 241 g/mol. The van der Waals surface area contributed by atoms with Gasteiger partial charge in [0.05, 0.1) is 0 Å². The zero-order chi connectivity index (χ0) is 13.4. The molecule has 0 spiro atoms. The lowest BCUT2D eigenvalue weighted by Gasteiger charge is -2.02. The molecular weight excluding hydrogens is 218 g/mol. The predicted octanol–water partition coefficient (Wildman–Crippen LogP) is 5.17. The third kappa shape index (κ3) is 4.70. The smallest absolute Gasteiger partial charge is 0.0378 e. The van der Waals surface area contributed by atoms with Crippen LogP contribution in [-0.4, -0.2) is 4.98 Å². The number of hydrogen-bond donors (Lipinski definition) is 0. The highest BCUT2D eigenvalue weighted by molar-refractivity contribution is 5.63. The van der Waals surface area contributed by atoms with Gasteiger partial charge in [0.15, 0.2) is 0 Å². The second kappa shape index (κ2) is 7.65. The molecule has 1 aromatic heterocycles. The fourth-order valence-corrected chi connectivity index (χ4v) is 1.47. The van der Waals surface area contributed by atoms with E-state index in [2.05, 4.69) is 56.1 Å². The van der Waals surface area contributed by atoms with Crippen molar-refractivity contribution in [1.29, 1.82) is 0 Å². The Bertz CT molecular complexity index is 455. The molecule has 96 valence electrons. The summed E-state index contributed by atoms with van der Waals surface area (Å²) in [4.78, 5) is 4.18. The van der Waals surface area contributed by atoms with Crippen LogP contribution < -0.4 is 0 Å². The van der Waals surface area contributed by atoms with Crippen molar-refractivity contribution in [3.63, 3.8) is 0 Å². The maximum absolute atomic E-state index is 4.18. The average Bonchev–Trinajstić information content (AvgIpc) is 2.40. The molecule has 0 bridgehead atoms. The van der Waals surface area contributed by atoms with Gasteiger partial charge in [0, 0.05) is 11.9 Å². The Morgan fingerprint density at radius 1 is 0.833 bits per heavy atom. The molecule has 2 aromatic rings. The molecule has 1 aromatic carbocycles. The summed E-state index contributed by atoms with van der Waals surface area (Å²) in [5.74, 6) is 0. The van der Waals surface area contributed by atoms with Crippen LogP contribution in [0, 0.1) is 13.8 Å². The number of aromatic nitrogens is 1. The van der Waals surface area contributed by atoms with E-state index in [0.29, 0.717) is 0 Å². The normalized spacial score (nSPS) is 9.56. The van der Waals surface area contributed by atoms with Crippen molar-refractivity contribution >= 4 is 0 Å². The van der Waals surface area contributed by atoms with Gasteiger partial charge in [0.1, 0.15) is 0 Å². The minimum atomic E-state index is 1.06. The lowest BCUT2D eigenvalue weighted by Crippen LogP contribution is -1.82. The summed E-state index contributed by atoms with van der Waals surface area (Å²) < 4.78 is 0. The van der Waals surface area contributed by atoms with E-state index >= 15 is 0 Å². The van der Waals surface area contributed by atoms with Gasteiger partial charge in [-0.15, -0.1) is 0 Å². The van der Waals surface area contributed by atoms with E-state index < -0.39 is 0 Å². The zero-order valence-corrected chi connectivity index (χ0v) is 11.9. The maximum atomic E-state index is 4.18. The molecule has 1 nitrogen and oxygen atoms in total. The van der Waals surface area contributed by atoms with E-state index in [-0.39, 0.29) is 0 Å². The molecule has 0 fully saturated rings. The number of pyridine rings is 1. The first-order valence-corrected chi connectivity index (χ1v) is 6.67. The first-order valence-electron chi connectivity index (χ1n) is 6.67. The van der Waals surface area contributed by atoms with Gasteiger partial charge >= 0.3 is 0 Å². The molecule has 0 aliphatic heterocycles. The summed E-state index contributed by atoms with van der Waals surface area (Å²) >= 11 is 0. The maximum Gasteiger partial charge on any atom is 0.0378 e. The van der Waals surface area contributed by atoms with Crippen LogP contribution >= 0.6 is 0 Å². The Hall–Kier alpha value is -1.63. The standard InChI is InChI=1S/C13H13N.C4H10/c1-10-3-5-12(6-4-10)13-7-8-14-11(2)9-13;1-3-4-2/h3-9H,1-2H3;3-4H2,1-2H3. The highest BCUT2D eigenvalue weighted by Crippen LogP contribution is 2.19. The summed E-state index contributed by atoms with van der Waals surface area (Å²) in [7, 11) is 0. The minimum Gasteiger partial charge on any atom is -0.262 e. The molecule has 0 aliphatic carbocycles. The topological polar surface area (TPSA) is 12.9 Å². The van der Waals surface area contributed by atoms with Crippen molar-refractivity contribution in [2.45, 2.75) is 40.5 Å². The van der Waals surface area contributed by atoms with Crippen molar-refractivity contribution in [1.82, 2.24) is 4.98 Å². The van der Waals surface area contributed by atoms with Crippen molar-refractivity contribution in [3.05, 3.63) is 53.9 Å². The number of nitrogens with zero attached hydrogens (tertiary/aromatic N) is 1. The Morgan fingerprint density at radius 2 is 1.44 bits per heavy atom. The summed E-state index contributed by atoms with van der Waals surface area (Å²) in [5.41, 5.74) is 4.83. The lowest BCUT2D eigenvalue weighted by molar-refractivity contribution is 0.886.